The summed E-state index contributed by atoms with van der Waals surface area (Å²) >= 11 is 10.9. The minimum atomic E-state index is -0.391. The van der Waals surface area contributed by atoms with Crippen LogP contribution in [0.15, 0.2) is 18.2 Å². The molecule has 0 saturated carbocycles. The van der Waals surface area contributed by atoms with Gasteiger partial charge in [-0.3, -0.25) is 0 Å². The topological polar surface area (TPSA) is 21.7 Å². The lowest BCUT2D eigenvalue weighted by Gasteiger charge is -2.12. The first kappa shape index (κ1) is 23.3. The summed E-state index contributed by atoms with van der Waals surface area (Å²) in [6.45, 7) is 2.77. The summed E-state index contributed by atoms with van der Waals surface area (Å²) in [7, 11) is 0. The number of unbranched alkanes of at least 4 members (excludes halogenated alkanes) is 11. The van der Waals surface area contributed by atoms with Gasteiger partial charge in [0.05, 0.1) is 6.61 Å². The minimum absolute atomic E-state index is 0.287. The Bertz CT molecular complexity index is 475. The van der Waals surface area contributed by atoms with Crippen LogP contribution >= 0.6 is 23.6 Å². The average molecular weight is 408 g/mol. The van der Waals surface area contributed by atoms with Gasteiger partial charge in [0.25, 0.3) is 0 Å². The zero-order valence-corrected chi connectivity index (χ0v) is 17.3. The van der Waals surface area contributed by atoms with E-state index < -0.39 is 5.82 Å². The Morgan fingerprint density at radius 2 is 1.35 bits per heavy atom. The van der Waals surface area contributed by atoms with Crippen LogP contribution in [-0.4, -0.2) is 10.7 Å². The van der Waals surface area contributed by atoms with E-state index in [2.05, 4.69) is 6.92 Å². The number of hydrogen-bond acceptors (Lipinski definition) is 3. The molecule has 0 N–H and O–H groups in total. The molecular formula is C20H32Cl2FNO2. The number of benzene rings is 1. The van der Waals surface area contributed by atoms with Crippen LogP contribution in [0, 0.1) is 5.82 Å². The molecule has 6 heteroatoms. The van der Waals surface area contributed by atoms with Crippen molar-refractivity contribution in [1.82, 2.24) is 4.10 Å². The Morgan fingerprint density at radius 3 is 1.88 bits per heavy atom. The third kappa shape index (κ3) is 11.8. The third-order valence-electron chi connectivity index (χ3n) is 4.33. The third-order valence-corrected chi connectivity index (χ3v) is 4.47. The van der Waals surface area contributed by atoms with Gasteiger partial charge in [-0.2, -0.15) is 0 Å². The van der Waals surface area contributed by atoms with E-state index in [4.69, 9.17) is 33.1 Å². The molecule has 1 rings (SSSR count). The van der Waals surface area contributed by atoms with E-state index in [9.17, 15) is 4.39 Å². The Labute approximate surface area is 167 Å². The number of hydrogen-bond donors (Lipinski definition) is 0. The molecule has 0 saturated heterocycles. The second-order valence-corrected chi connectivity index (χ2v) is 7.41. The van der Waals surface area contributed by atoms with Crippen molar-refractivity contribution in [3.8, 4) is 11.5 Å². The first-order valence-electron chi connectivity index (χ1n) is 9.85. The van der Waals surface area contributed by atoms with Gasteiger partial charge in [-0.15, -0.1) is 0 Å². The minimum Gasteiger partial charge on any atom is -0.489 e. The highest BCUT2D eigenvalue weighted by Gasteiger charge is 2.10. The van der Waals surface area contributed by atoms with Crippen LogP contribution in [0.4, 0.5) is 4.39 Å². The van der Waals surface area contributed by atoms with Crippen molar-refractivity contribution in [2.75, 3.05) is 6.61 Å². The molecule has 0 bridgehead atoms. The van der Waals surface area contributed by atoms with Crippen LogP contribution in [0.2, 0.25) is 0 Å². The number of nitrogens with zero attached hydrogens (tertiary/aromatic N) is 1. The van der Waals surface area contributed by atoms with Gasteiger partial charge < -0.3 is 9.57 Å². The maximum absolute atomic E-state index is 13.3. The van der Waals surface area contributed by atoms with E-state index in [1.165, 1.54) is 82.4 Å². The highest BCUT2D eigenvalue weighted by molar-refractivity contribution is 6.32. The number of halogens is 3. The Hall–Kier alpha value is -0.710. The van der Waals surface area contributed by atoms with Gasteiger partial charge in [-0.05, 0) is 18.6 Å². The first-order valence-corrected chi connectivity index (χ1v) is 10.5. The molecule has 3 nitrogen and oxygen atoms in total. The molecular weight excluding hydrogens is 376 g/mol. The zero-order valence-electron chi connectivity index (χ0n) is 15.8. The largest absolute Gasteiger partial charge is 0.489 e. The quantitative estimate of drug-likeness (QED) is 0.158. The molecule has 26 heavy (non-hydrogen) atoms. The van der Waals surface area contributed by atoms with Gasteiger partial charge in [0.15, 0.2) is 11.5 Å². The van der Waals surface area contributed by atoms with Crippen molar-refractivity contribution < 1.29 is 14.0 Å². The Balaban J connectivity index is 2.03. The van der Waals surface area contributed by atoms with Gasteiger partial charge in [-0.1, -0.05) is 77.6 Å². The molecule has 0 heterocycles. The van der Waals surface area contributed by atoms with Crippen LogP contribution in [0.1, 0.15) is 84.0 Å². The molecule has 0 aliphatic heterocycles. The predicted molar refractivity (Wildman–Crippen MR) is 107 cm³/mol. The monoisotopic (exact) mass is 407 g/mol. The van der Waals surface area contributed by atoms with Crippen molar-refractivity contribution in [2.45, 2.75) is 84.0 Å². The fourth-order valence-electron chi connectivity index (χ4n) is 2.87. The Morgan fingerprint density at radius 1 is 0.808 bits per heavy atom. The first-order chi connectivity index (χ1) is 12.6. The molecule has 0 aliphatic carbocycles. The predicted octanol–water partition coefficient (Wildman–Crippen LogP) is 7.81. The lowest BCUT2D eigenvalue weighted by molar-refractivity contribution is 0.128. The second-order valence-electron chi connectivity index (χ2n) is 6.62. The summed E-state index contributed by atoms with van der Waals surface area (Å²) in [5, 5.41) is 0. The van der Waals surface area contributed by atoms with Gasteiger partial charge in [0.1, 0.15) is 5.82 Å². The highest BCUT2D eigenvalue weighted by atomic mass is 35.5. The van der Waals surface area contributed by atoms with Gasteiger partial charge in [-0.25, -0.2) is 4.39 Å². The van der Waals surface area contributed by atoms with E-state index in [-0.39, 0.29) is 5.75 Å². The van der Waals surface area contributed by atoms with Crippen molar-refractivity contribution in [3.05, 3.63) is 24.0 Å². The smallest absolute Gasteiger partial charge is 0.193 e. The lowest BCUT2D eigenvalue weighted by Crippen LogP contribution is -2.06. The van der Waals surface area contributed by atoms with E-state index >= 15 is 0 Å². The van der Waals surface area contributed by atoms with Crippen LogP contribution in [0.3, 0.4) is 0 Å². The summed E-state index contributed by atoms with van der Waals surface area (Å²) < 4.78 is 19.5. The molecule has 0 amide bonds. The van der Waals surface area contributed by atoms with Crippen LogP contribution < -0.4 is 9.57 Å². The maximum atomic E-state index is 13.3. The van der Waals surface area contributed by atoms with Crippen molar-refractivity contribution in [3.63, 3.8) is 0 Å². The molecule has 0 aromatic heterocycles. The van der Waals surface area contributed by atoms with Gasteiger partial charge >= 0.3 is 0 Å². The molecule has 0 fully saturated rings. The van der Waals surface area contributed by atoms with E-state index in [1.807, 2.05) is 0 Å². The fraction of sp³-hybridized carbons (Fsp3) is 0.700. The summed E-state index contributed by atoms with van der Waals surface area (Å²) in [4.78, 5) is 5.04. The van der Waals surface area contributed by atoms with Gasteiger partial charge in [0.2, 0.25) is 0 Å². The van der Waals surface area contributed by atoms with E-state index in [1.54, 1.807) is 0 Å². The van der Waals surface area contributed by atoms with Crippen LogP contribution in [0.25, 0.3) is 0 Å². The average Bonchev–Trinajstić information content (AvgIpc) is 2.61. The number of ether oxygens (including phenoxy) is 1. The summed E-state index contributed by atoms with van der Waals surface area (Å²) in [6.07, 6.45) is 15.4. The molecule has 0 spiro atoms. The molecule has 0 aliphatic rings. The number of rotatable bonds is 16. The standard InChI is InChI=1S/C20H32Cl2FNO2/c1-2-3-4-5-6-7-8-9-10-11-12-13-16-25-20-17-18(23)14-15-19(20)26-24(21)22/h14-15,17H,2-13,16H2,1H3. The van der Waals surface area contributed by atoms with Crippen molar-refractivity contribution in [2.24, 2.45) is 0 Å². The molecule has 150 valence electrons. The molecule has 1 aromatic rings. The van der Waals surface area contributed by atoms with Crippen molar-refractivity contribution >= 4 is 23.6 Å². The summed E-state index contributed by atoms with van der Waals surface area (Å²) in [5.41, 5.74) is 0. The molecule has 1 aromatic carbocycles. The normalized spacial score (nSPS) is 11.1. The second kappa shape index (κ2) is 15.4. The maximum Gasteiger partial charge on any atom is 0.193 e. The molecule has 0 unspecified atom stereocenters. The van der Waals surface area contributed by atoms with Crippen LogP contribution in [0.5, 0.6) is 11.5 Å². The van der Waals surface area contributed by atoms with Crippen LogP contribution in [-0.2, 0) is 0 Å². The summed E-state index contributed by atoms with van der Waals surface area (Å²) in [6, 6.07) is 3.97. The summed E-state index contributed by atoms with van der Waals surface area (Å²) in [5.74, 6) is 0.201. The SMILES string of the molecule is CCCCCCCCCCCCCCOc1cc(F)ccc1ON(Cl)Cl. The zero-order chi connectivity index (χ0) is 19.0. The molecule has 0 atom stereocenters. The van der Waals surface area contributed by atoms with E-state index in [0.717, 1.165) is 12.8 Å². The highest BCUT2D eigenvalue weighted by Crippen LogP contribution is 2.29. The lowest BCUT2D eigenvalue weighted by atomic mass is 10.1. The molecule has 0 radical (unpaired) electrons. The van der Waals surface area contributed by atoms with Crippen molar-refractivity contribution in [1.29, 1.82) is 0 Å². The fourth-order valence-corrected chi connectivity index (χ4v) is 3.02. The Kier molecular flexibility index (Phi) is 13.8. The van der Waals surface area contributed by atoms with Gasteiger partial charge in [0, 0.05) is 33.7 Å². The van der Waals surface area contributed by atoms with E-state index in [0.29, 0.717) is 16.5 Å².